The van der Waals surface area contributed by atoms with Gasteiger partial charge in [0.25, 0.3) is 0 Å². The highest BCUT2D eigenvalue weighted by Gasteiger charge is 2.13. The number of aliphatic hydroxyl groups excluding tert-OH is 1. The van der Waals surface area contributed by atoms with Gasteiger partial charge in [0.15, 0.2) is 11.6 Å². The summed E-state index contributed by atoms with van der Waals surface area (Å²) >= 11 is 0. The van der Waals surface area contributed by atoms with E-state index in [9.17, 15) is 4.39 Å². The summed E-state index contributed by atoms with van der Waals surface area (Å²) in [5.74, 6) is -1.01. The normalized spacial score (nSPS) is 12.6. The smallest absolute Gasteiger partial charge is 0.170 e. The van der Waals surface area contributed by atoms with Gasteiger partial charge < -0.3 is 14.9 Å². The average Bonchev–Trinajstić information content (AvgIpc) is 2.09. The van der Waals surface area contributed by atoms with Gasteiger partial charge in [-0.1, -0.05) is 0 Å². The van der Waals surface area contributed by atoms with Crippen LogP contribution in [0.3, 0.4) is 0 Å². The van der Waals surface area contributed by atoms with Crippen LogP contribution in [-0.4, -0.2) is 17.3 Å². The second-order valence-electron chi connectivity index (χ2n) is 2.73. The molecule has 0 heterocycles. The van der Waals surface area contributed by atoms with Gasteiger partial charge in [0.05, 0.1) is 13.2 Å². The number of ether oxygens (including phenoxy) is 1. The van der Waals surface area contributed by atoms with Gasteiger partial charge in [0.2, 0.25) is 0 Å². The van der Waals surface area contributed by atoms with E-state index in [1.807, 2.05) is 0 Å². The van der Waals surface area contributed by atoms with Crippen LogP contribution < -0.4 is 4.74 Å². The number of aromatic hydroxyl groups is 1. The summed E-state index contributed by atoms with van der Waals surface area (Å²) in [6, 6.07) is 2.50. The third-order valence-corrected chi connectivity index (χ3v) is 1.74. The van der Waals surface area contributed by atoms with Crippen molar-refractivity contribution in [2.45, 2.75) is 13.0 Å². The quantitative estimate of drug-likeness (QED) is 0.737. The number of aliphatic hydroxyl groups is 1. The Morgan fingerprint density at radius 1 is 1.46 bits per heavy atom. The molecule has 0 bridgehead atoms. The molecule has 1 rings (SSSR count). The molecule has 1 aromatic rings. The summed E-state index contributed by atoms with van der Waals surface area (Å²) in [5, 5.41) is 18.2. The van der Waals surface area contributed by atoms with Crippen LogP contribution in [-0.2, 0) is 0 Å². The fourth-order valence-electron chi connectivity index (χ4n) is 1.03. The molecule has 0 radical (unpaired) electrons. The molecule has 72 valence electrons. The minimum absolute atomic E-state index is 0.0249. The maximum atomic E-state index is 13.1. The first-order valence-electron chi connectivity index (χ1n) is 3.80. The number of hydrogen-bond acceptors (Lipinski definition) is 3. The molecule has 0 aromatic heterocycles. The van der Waals surface area contributed by atoms with Crippen LogP contribution in [0.4, 0.5) is 4.39 Å². The van der Waals surface area contributed by atoms with Gasteiger partial charge in [-0.15, -0.1) is 0 Å². The van der Waals surface area contributed by atoms with E-state index in [0.717, 1.165) is 6.07 Å². The topological polar surface area (TPSA) is 49.7 Å². The molecule has 0 aliphatic heterocycles. The lowest BCUT2D eigenvalue weighted by Crippen LogP contribution is -1.97. The first-order valence-corrected chi connectivity index (χ1v) is 3.80. The highest BCUT2D eigenvalue weighted by molar-refractivity contribution is 5.40. The summed E-state index contributed by atoms with van der Waals surface area (Å²) in [6.07, 6.45) is -0.971. The molecule has 4 heteroatoms. The van der Waals surface area contributed by atoms with Crippen molar-refractivity contribution in [3.05, 3.63) is 23.5 Å². The molecule has 0 amide bonds. The minimum Gasteiger partial charge on any atom is -0.505 e. The molecule has 0 saturated heterocycles. The summed E-state index contributed by atoms with van der Waals surface area (Å²) in [6.45, 7) is 1.41. The standard InChI is InChI=1S/C9H11FO3/c1-5(11)7-3-6(13-2)4-8(12)9(7)10/h3-5,11-12H,1-2H3. The highest BCUT2D eigenvalue weighted by atomic mass is 19.1. The van der Waals surface area contributed by atoms with Gasteiger partial charge >= 0.3 is 0 Å². The Morgan fingerprint density at radius 3 is 2.54 bits per heavy atom. The van der Waals surface area contributed by atoms with Gasteiger partial charge in [0.1, 0.15) is 5.75 Å². The predicted octanol–water partition coefficient (Wildman–Crippen LogP) is 1.59. The molecular weight excluding hydrogens is 175 g/mol. The van der Waals surface area contributed by atoms with Gasteiger partial charge in [0, 0.05) is 11.6 Å². The van der Waals surface area contributed by atoms with Crippen molar-refractivity contribution in [1.29, 1.82) is 0 Å². The van der Waals surface area contributed by atoms with Crippen molar-refractivity contribution >= 4 is 0 Å². The number of benzene rings is 1. The maximum Gasteiger partial charge on any atom is 0.170 e. The van der Waals surface area contributed by atoms with E-state index < -0.39 is 17.7 Å². The van der Waals surface area contributed by atoms with E-state index in [4.69, 9.17) is 14.9 Å². The number of halogens is 1. The molecule has 0 aliphatic carbocycles. The zero-order chi connectivity index (χ0) is 10.0. The van der Waals surface area contributed by atoms with Gasteiger partial charge in [-0.25, -0.2) is 4.39 Å². The second kappa shape index (κ2) is 3.62. The largest absolute Gasteiger partial charge is 0.505 e. The van der Waals surface area contributed by atoms with Crippen LogP contribution in [0.5, 0.6) is 11.5 Å². The van der Waals surface area contributed by atoms with Crippen molar-refractivity contribution in [3.63, 3.8) is 0 Å². The van der Waals surface area contributed by atoms with Crippen LogP contribution in [0.1, 0.15) is 18.6 Å². The Balaban J connectivity index is 3.25. The van der Waals surface area contributed by atoms with Crippen LogP contribution >= 0.6 is 0 Å². The van der Waals surface area contributed by atoms with E-state index in [-0.39, 0.29) is 5.56 Å². The van der Waals surface area contributed by atoms with E-state index in [0.29, 0.717) is 5.75 Å². The number of hydrogen-bond donors (Lipinski definition) is 2. The molecule has 0 fully saturated rings. The number of methoxy groups -OCH3 is 1. The Kier molecular flexibility index (Phi) is 2.72. The van der Waals surface area contributed by atoms with E-state index in [1.165, 1.54) is 20.1 Å². The Bertz CT molecular complexity index is 310. The Morgan fingerprint density at radius 2 is 2.08 bits per heavy atom. The summed E-state index contributed by atoms with van der Waals surface area (Å²) in [7, 11) is 1.40. The minimum atomic E-state index is -0.971. The summed E-state index contributed by atoms with van der Waals surface area (Å²) < 4.78 is 17.9. The summed E-state index contributed by atoms with van der Waals surface area (Å²) in [5.41, 5.74) is 0.0249. The molecule has 2 N–H and O–H groups in total. The van der Waals surface area contributed by atoms with Gasteiger partial charge in [-0.3, -0.25) is 0 Å². The number of rotatable bonds is 2. The van der Waals surface area contributed by atoms with E-state index in [2.05, 4.69) is 0 Å². The van der Waals surface area contributed by atoms with Crippen molar-refractivity contribution in [2.24, 2.45) is 0 Å². The lowest BCUT2D eigenvalue weighted by atomic mass is 10.1. The average molecular weight is 186 g/mol. The first-order chi connectivity index (χ1) is 6.06. The molecule has 3 nitrogen and oxygen atoms in total. The van der Waals surface area contributed by atoms with Gasteiger partial charge in [-0.05, 0) is 13.0 Å². The van der Waals surface area contributed by atoms with Crippen molar-refractivity contribution < 1.29 is 19.3 Å². The van der Waals surface area contributed by atoms with Gasteiger partial charge in [-0.2, -0.15) is 0 Å². The van der Waals surface area contributed by atoms with Crippen LogP contribution in [0, 0.1) is 5.82 Å². The SMILES string of the molecule is COc1cc(O)c(F)c(C(C)O)c1. The van der Waals surface area contributed by atoms with Crippen LogP contribution in [0.2, 0.25) is 0 Å². The molecular formula is C9H11FO3. The van der Waals surface area contributed by atoms with Crippen molar-refractivity contribution in [3.8, 4) is 11.5 Å². The molecule has 0 aliphatic rings. The van der Waals surface area contributed by atoms with Crippen LogP contribution in [0.25, 0.3) is 0 Å². The Labute approximate surface area is 75.4 Å². The zero-order valence-corrected chi connectivity index (χ0v) is 7.41. The van der Waals surface area contributed by atoms with Crippen molar-refractivity contribution in [2.75, 3.05) is 7.11 Å². The lowest BCUT2D eigenvalue weighted by Gasteiger charge is -2.09. The molecule has 1 aromatic carbocycles. The summed E-state index contributed by atoms with van der Waals surface area (Å²) in [4.78, 5) is 0. The molecule has 0 spiro atoms. The van der Waals surface area contributed by atoms with E-state index >= 15 is 0 Å². The predicted molar refractivity (Wildman–Crippen MR) is 45.3 cm³/mol. The first kappa shape index (κ1) is 9.80. The highest BCUT2D eigenvalue weighted by Crippen LogP contribution is 2.29. The fraction of sp³-hybridized carbons (Fsp3) is 0.333. The third-order valence-electron chi connectivity index (χ3n) is 1.74. The van der Waals surface area contributed by atoms with E-state index in [1.54, 1.807) is 0 Å². The second-order valence-corrected chi connectivity index (χ2v) is 2.73. The maximum absolute atomic E-state index is 13.1. The monoisotopic (exact) mass is 186 g/mol. The number of phenolic OH excluding ortho intramolecular Hbond substituents is 1. The molecule has 13 heavy (non-hydrogen) atoms. The zero-order valence-electron chi connectivity index (χ0n) is 7.41. The third kappa shape index (κ3) is 1.89. The molecule has 1 unspecified atom stereocenters. The fourth-order valence-corrected chi connectivity index (χ4v) is 1.03. The number of phenols is 1. The lowest BCUT2D eigenvalue weighted by molar-refractivity contribution is 0.192. The van der Waals surface area contributed by atoms with Crippen LogP contribution in [0.15, 0.2) is 12.1 Å². The molecule has 1 atom stereocenters. The molecule has 0 saturated carbocycles. The Hall–Kier alpha value is -1.29. The van der Waals surface area contributed by atoms with Crippen molar-refractivity contribution in [1.82, 2.24) is 0 Å².